The Hall–Kier alpha value is -0.720. The average Bonchev–Trinajstić information content (AvgIpc) is 2.42. The van der Waals surface area contributed by atoms with E-state index in [1.54, 1.807) is 26.0 Å². The average molecular weight is 331 g/mol. The second-order valence-corrected chi connectivity index (χ2v) is 7.92. The van der Waals surface area contributed by atoms with E-state index in [1.165, 1.54) is 12.2 Å². The van der Waals surface area contributed by atoms with Gasteiger partial charge in [-0.3, -0.25) is 0 Å². The van der Waals surface area contributed by atoms with Crippen LogP contribution in [-0.4, -0.2) is 27.0 Å². The molecule has 0 aromatic heterocycles. The van der Waals surface area contributed by atoms with E-state index < -0.39 is 10.0 Å². The Morgan fingerprint density at radius 1 is 1.14 bits per heavy atom. The van der Waals surface area contributed by atoms with E-state index in [0.717, 1.165) is 24.8 Å². The molecular formula is C15H26N2O2S2. The summed E-state index contributed by atoms with van der Waals surface area (Å²) in [6, 6.07) is 3.49. The van der Waals surface area contributed by atoms with Crippen molar-refractivity contribution < 1.29 is 8.42 Å². The van der Waals surface area contributed by atoms with Crippen molar-refractivity contribution in [2.75, 3.05) is 24.3 Å². The third-order valence-electron chi connectivity index (χ3n) is 3.48. The SMILES string of the molecule is CSCCCCCCNS(=O)(=O)c1c(C)ccc(N)c1C. The number of rotatable bonds is 9. The zero-order valence-corrected chi connectivity index (χ0v) is 14.7. The van der Waals surface area contributed by atoms with Crippen LogP contribution in [0, 0.1) is 13.8 Å². The van der Waals surface area contributed by atoms with Gasteiger partial charge < -0.3 is 5.73 Å². The minimum atomic E-state index is -3.48. The summed E-state index contributed by atoms with van der Waals surface area (Å²) in [5.74, 6) is 1.17. The van der Waals surface area contributed by atoms with E-state index in [1.807, 2.05) is 11.8 Å². The predicted octanol–water partition coefficient (Wildman–Crippen LogP) is 3.09. The summed E-state index contributed by atoms with van der Waals surface area (Å²) in [7, 11) is -3.48. The Bertz CT molecular complexity index is 557. The van der Waals surface area contributed by atoms with E-state index in [9.17, 15) is 8.42 Å². The first-order valence-corrected chi connectivity index (χ1v) is 10.1. The molecule has 120 valence electrons. The minimum Gasteiger partial charge on any atom is -0.398 e. The largest absolute Gasteiger partial charge is 0.398 e. The van der Waals surface area contributed by atoms with Crippen LogP contribution >= 0.6 is 11.8 Å². The fourth-order valence-corrected chi connectivity index (χ4v) is 4.32. The number of sulfonamides is 1. The second kappa shape index (κ2) is 8.66. The van der Waals surface area contributed by atoms with E-state index in [4.69, 9.17) is 5.73 Å². The van der Waals surface area contributed by atoms with Gasteiger partial charge in [-0.05, 0) is 55.9 Å². The lowest BCUT2D eigenvalue weighted by atomic mass is 10.1. The van der Waals surface area contributed by atoms with Crippen LogP contribution in [0.4, 0.5) is 5.69 Å². The number of nitrogens with two attached hydrogens (primary N) is 1. The summed E-state index contributed by atoms with van der Waals surface area (Å²) in [6.07, 6.45) is 6.37. The van der Waals surface area contributed by atoms with Crippen LogP contribution in [0.1, 0.15) is 36.8 Å². The van der Waals surface area contributed by atoms with Gasteiger partial charge >= 0.3 is 0 Å². The summed E-state index contributed by atoms with van der Waals surface area (Å²) in [4.78, 5) is 0.324. The fraction of sp³-hybridized carbons (Fsp3) is 0.600. The molecule has 0 aliphatic heterocycles. The van der Waals surface area contributed by atoms with Crippen molar-refractivity contribution in [2.24, 2.45) is 0 Å². The molecule has 0 atom stereocenters. The number of nitrogen functional groups attached to an aromatic ring is 1. The minimum absolute atomic E-state index is 0.324. The molecule has 1 aromatic rings. The third-order valence-corrected chi connectivity index (χ3v) is 5.93. The molecule has 0 amide bonds. The lowest BCUT2D eigenvalue weighted by molar-refractivity contribution is 0.572. The second-order valence-electron chi connectivity index (χ2n) is 5.23. The maximum absolute atomic E-state index is 12.4. The van der Waals surface area contributed by atoms with Crippen LogP contribution in [-0.2, 0) is 10.0 Å². The molecule has 0 heterocycles. The van der Waals surface area contributed by atoms with Gasteiger partial charge in [0.2, 0.25) is 10.0 Å². The number of thioether (sulfide) groups is 1. The number of aryl methyl sites for hydroxylation is 1. The third kappa shape index (κ3) is 5.52. The first-order valence-electron chi connectivity index (χ1n) is 7.24. The molecule has 0 radical (unpaired) electrons. The highest BCUT2D eigenvalue weighted by Crippen LogP contribution is 2.24. The summed E-state index contributed by atoms with van der Waals surface area (Å²) in [5, 5.41) is 0. The number of unbranched alkanes of at least 4 members (excludes halogenated alkanes) is 3. The molecule has 0 saturated heterocycles. The molecule has 21 heavy (non-hydrogen) atoms. The highest BCUT2D eigenvalue weighted by molar-refractivity contribution is 7.98. The highest BCUT2D eigenvalue weighted by Gasteiger charge is 2.20. The maximum Gasteiger partial charge on any atom is 0.241 e. The van der Waals surface area contributed by atoms with Crippen molar-refractivity contribution in [1.29, 1.82) is 0 Å². The van der Waals surface area contributed by atoms with Gasteiger partial charge in [0.1, 0.15) is 0 Å². The van der Waals surface area contributed by atoms with Crippen molar-refractivity contribution in [2.45, 2.75) is 44.4 Å². The number of hydrogen-bond donors (Lipinski definition) is 2. The molecule has 0 aliphatic rings. The summed E-state index contributed by atoms with van der Waals surface area (Å²) >= 11 is 1.85. The lowest BCUT2D eigenvalue weighted by Gasteiger charge is -2.13. The lowest BCUT2D eigenvalue weighted by Crippen LogP contribution is -2.26. The van der Waals surface area contributed by atoms with Crippen molar-refractivity contribution in [1.82, 2.24) is 4.72 Å². The molecule has 1 aromatic carbocycles. The summed E-state index contributed by atoms with van der Waals surface area (Å²) in [6.45, 7) is 4.03. The van der Waals surface area contributed by atoms with Crippen LogP contribution in [0.5, 0.6) is 0 Å². The molecule has 6 heteroatoms. The van der Waals surface area contributed by atoms with E-state index >= 15 is 0 Å². The maximum atomic E-state index is 12.4. The van der Waals surface area contributed by atoms with Gasteiger partial charge in [0.05, 0.1) is 4.90 Å². The van der Waals surface area contributed by atoms with Gasteiger partial charge in [-0.2, -0.15) is 11.8 Å². The zero-order valence-electron chi connectivity index (χ0n) is 13.1. The first-order chi connectivity index (χ1) is 9.90. The number of benzene rings is 1. The van der Waals surface area contributed by atoms with Crippen molar-refractivity contribution in [3.8, 4) is 0 Å². The molecular weight excluding hydrogens is 304 g/mol. The standard InChI is InChI=1S/C15H26N2O2S2/c1-12-8-9-14(16)13(2)15(12)21(18,19)17-10-6-4-5-7-11-20-3/h8-9,17H,4-7,10-11,16H2,1-3H3. The smallest absolute Gasteiger partial charge is 0.241 e. The van der Waals surface area contributed by atoms with Gasteiger partial charge in [-0.15, -0.1) is 0 Å². The predicted molar refractivity (Wildman–Crippen MR) is 92.4 cm³/mol. The van der Waals surface area contributed by atoms with Gasteiger partial charge in [-0.1, -0.05) is 18.9 Å². The van der Waals surface area contributed by atoms with E-state index in [-0.39, 0.29) is 0 Å². The molecule has 0 spiro atoms. The monoisotopic (exact) mass is 330 g/mol. The Balaban J connectivity index is 2.57. The van der Waals surface area contributed by atoms with Crippen molar-refractivity contribution in [3.05, 3.63) is 23.3 Å². The normalized spacial score (nSPS) is 11.8. The van der Waals surface area contributed by atoms with Crippen molar-refractivity contribution in [3.63, 3.8) is 0 Å². The number of hydrogen-bond acceptors (Lipinski definition) is 4. The van der Waals surface area contributed by atoms with Crippen LogP contribution in [0.3, 0.4) is 0 Å². The fourth-order valence-electron chi connectivity index (χ4n) is 2.26. The Kier molecular flexibility index (Phi) is 7.56. The first kappa shape index (κ1) is 18.3. The van der Waals surface area contributed by atoms with Crippen molar-refractivity contribution >= 4 is 27.5 Å². The molecule has 0 saturated carbocycles. The molecule has 0 fully saturated rings. The number of anilines is 1. The highest BCUT2D eigenvalue weighted by atomic mass is 32.2. The molecule has 1 rings (SSSR count). The van der Waals surface area contributed by atoms with Gasteiger partial charge in [-0.25, -0.2) is 13.1 Å². The Morgan fingerprint density at radius 2 is 1.81 bits per heavy atom. The zero-order chi connectivity index (χ0) is 15.9. The van der Waals surface area contributed by atoms with Crippen LogP contribution in [0.15, 0.2) is 17.0 Å². The number of nitrogens with one attached hydrogen (secondary N) is 1. The molecule has 4 nitrogen and oxygen atoms in total. The summed E-state index contributed by atoms with van der Waals surface area (Å²) in [5.41, 5.74) is 7.68. The summed E-state index contributed by atoms with van der Waals surface area (Å²) < 4.78 is 27.5. The molecule has 0 unspecified atom stereocenters. The van der Waals surface area contributed by atoms with Crippen LogP contribution in [0.25, 0.3) is 0 Å². The van der Waals surface area contributed by atoms with E-state index in [2.05, 4.69) is 11.0 Å². The quantitative estimate of drug-likeness (QED) is 0.539. The Labute approximate surface area is 132 Å². The Morgan fingerprint density at radius 3 is 2.48 bits per heavy atom. The van der Waals surface area contributed by atoms with Gasteiger partial charge in [0.25, 0.3) is 0 Å². The van der Waals surface area contributed by atoms with Gasteiger partial charge in [0.15, 0.2) is 0 Å². The molecule has 3 N–H and O–H groups in total. The van der Waals surface area contributed by atoms with Gasteiger partial charge in [0, 0.05) is 12.2 Å². The van der Waals surface area contributed by atoms with Crippen LogP contribution in [0.2, 0.25) is 0 Å². The van der Waals surface area contributed by atoms with Crippen LogP contribution < -0.4 is 10.5 Å². The van der Waals surface area contributed by atoms with E-state index in [0.29, 0.717) is 22.7 Å². The molecule has 0 aliphatic carbocycles. The topological polar surface area (TPSA) is 72.2 Å². The molecule has 0 bridgehead atoms.